The predicted molar refractivity (Wildman–Crippen MR) is 80.1 cm³/mol. The normalized spacial score (nSPS) is 21.0. The van der Waals surface area contributed by atoms with Crippen molar-refractivity contribution in [3.05, 3.63) is 29.3 Å². The third-order valence-electron chi connectivity index (χ3n) is 4.20. The van der Waals surface area contributed by atoms with Gasteiger partial charge in [0, 0.05) is 13.0 Å². The fraction of sp³-hybridized carbons (Fsp3) is 0.500. The summed E-state index contributed by atoms with van der Waals surface area (Å²) in [6, 6.07) is 5.47. The van der Waals surface area contributed by atoms with Crippen LogP contribution < -0.4 is 4.74 Å². The first-order chi connectivity index (χ1) is 11.1. The summed E-state index contributed by atoms with van der Waals surface area (Å²) in [6.07, 6.45) is -0.512. The van der Waals surface area contributed by atoms with Gasteiger partial charge in [0.1, 0.15) is 5.75 Å². The number of benzene rings is 1. The van der Waals surface area contributed by atoms with E-state index in [2.05, 4.69) is 0 Å². The zero-order valence-electron chi connectivity index (χ0n) is 13.4. The van der Waals surface area contributed by atoms with E-state index in [4.69, 9.17) is 9.84 Å². The third-order valence-corrected chi connectivity index (χ3v) is 4.20. The lowest BCUT2D eigenvalue weighted by Crippen LogP contribution is -2.55. The Morgan fingerprint density at radius 2 is 1.92 bits per heavy atom. The number of rotatable bonds is 5. The molecule has 1 heterocycles. The van der Waals surface area contributed by atoms with Crippen molar-refractivity contribution in [2.75, 3.05) is 19.7 Å². The van der Waals surface area contributed by atoms with Crippen molar-refractivity contribution in [3.8, 4) is 5.75 Å². The molecule has 1 aliphatic rings. The number of likely N-dealkylation sites (tertiary alicyclic amines) is 1. The van der Waals surface area contributed by atoms with Gasteiger partial charge < -0.3 is 19.8 Å². The van der Waals surface area contributed by atoms with Gasteiger partial charge in [-0.1, -0.05) is 18.2 Å². The molecule has 8 heteroatoms. The molecular formula is C16H19F2NO5. The number of β-amino-alcohol motifs (C(OH)–C–C–N with tert-alkyl or cyclic N) is 1. The number of carbonyl (C=O) groups is 2. The molecule has 0 radical (unpaired) electrons. The van der Waals surface area contributed by atoms with Crippen LogP contribution >= 0.6 is 0 Å². The van der Waals surface area contributed by atoms with E-state index < -0.39 is 36.4 Å². The number of hydrogen-bond donors (Lipinski definition) is 2. The summed E-state index contributed by atoms with van der Waals surface area (Å²) >= 11 is 0. The molecule has 2 rings (SSSR count). The van der Waals surface area contributed by atoms with Gasteiger partial charge in [0.25, 0.3) is 5.91 Å². The van der Waals surface area contributed by atoms with E-state index in [0.29, 0.717) is 5.75 Å². The summed E-state index contributed by atoms with van der Waals surface area (Å²) in [5.74, 6) is -6.79. The molecule has 24 heavy (non-hydrogen) atoms. The zero-order valence-corrected chi connectivity index (χ0v) is 13.4. The molecule has 1 aliphatic heterocycles. The molecule has 6 nitrogen and oxygen atoms in total. The lowest BCUT2D eigenvalue weighted by Gasteiger charge is -2.28. The number of halogens is 2. The quantitative estimate of drug-likeness (QED) is 0.843. The zero-order chi connectivity index (χ0) is 18.1. The lowest BCUT2D eigenvalue weighted by molar-refractivity contribution is -0.205. The molecule has 1 atom stereocenters. The Hall–Kier alpha value is -2.22. The topological polar surface area (TPSA) is 87.1 Å². The Morgan fingerprint density at radius 1 is 1.33 bits per heavy atom. The number of aryl methyl sites for hydroxylation is 2. The molecule has 1 unspecified atom stereocenters. The van der Waals surface area contributed by atoms with Crippen LogP contribution in [0.2, 0.25) is 0 Å². The van der Waals surface area contributed by atoms with Gasteiger partial charge >= 0.3 is 11.9 Å². The van der Waals surface area contributed by atoms with E-state index >= 15 is 0 Å². The Kier molecular flexibility index (Phi) is 4.80. The molecule has 0 bridgehead atoms. The molecule has 0 aromatic heterocycles. The number of amides is 1. The highest BCUT2D eigenvalue weighted by Gasteiger charge is 2.62. The summed E-state index contributed by atoms with van der Waals surface area (Å²) in [6.45, 7) is 2.35. The van der Waals surface area contributed by atoms with Crippen LogP contribution in [0, 0.1) is 13.8 Å². The maximum atomic E-state index is 13.6. The minimum absolute atomic E-state index is 0.158. The van der Waals surface area contributed by atoms with Gasteiger partial charge in [0.05, 0.1) is 6.54 Å². The first-order valence-electron chi connectivity index (χ1n) is 7.39. The van der Waals surface area contributed by atoms with Crippen molar-refractivity contribution < 1.29 is 33.3 Å². The molecule has 2 N–H and O–H groups in total. The van der Waals surface area contributed by atoms with E-state index in [1.54, 1.807) is 0 Å². The molecule has 132 valence electrons. The molecule has 1 amide bonds. The highest BCUT2D eigenvalue weighted by Crippen LogP contribution is 2.37. The molecule has 0 spiro atoms. The van der Waals surface area contributed by atoms with Crippen molar-refractivity contribution in [2.24, 2.45) is 0 Å². The number of para-hydroxylation sites is 1. The average Bonchev–Trinajstić information content (AvgIpc) is 2.90. The number of carboxylic acid groups (broad SMARTS) is 1. The summed E-state index contributed by atoms with van der Waals surface area (Å²) in [5.41, 5.74) is -1.11. The van der Waals surface area contributed by atoms with Crippen LogP contribution in [0.3, 0.4) is 0 Å². The SMILES string of the molecule is Cc1cccc(C)c1OCC(=O)N1CCC(O)(C(F)(F)C(=O)O)C1. The largest absolute Gasteiger partial charge is 0.483 e. The van der Waals surface area contributed by atoms with Crippen LogP contribution in [0.15, 0.2) is 18.2 Å². The van der Waals surface area contributed by atoms with Gasteiger partial charge in [-0.3, -0.25) is 4.79 Å². The summed E-state index contributed by atoms with van der Waals surface area (Å²) in [7, 11) is 0. The number of hydrogen-bond acceptors (Lipinski definition) is 4. The van der Waals surface area contributed by atoms with Crippen molar-refractivity contribution in [1.29, 1.82) is 0 Å². The molecular weight excluding hydrogens is 324 g/mol. The van der Waals surface area contributed by atoms with Crippen LogP contribution in [0.25, 0.3) is 0 Å². The van der Waals surface area contributed by atoms with Gasteiger partial charge in [-0.25, -0.2) is 4.79 Å². The predicted octanol–water partition coefficient (Wildman–Crippen LogP) is 1.37. The second-order valence-corrected chi connectivity index (χ2v) is 5.99. The fourth-order valence-electron chi connectivity index (χ4n) is 2.71. The standard InChI is InChI=1S/C16H19F2NO5/c1-10-4-3-5-11(2)13(10)24-8-12(20)19-7-6-15(23,9-19)16(17,18)14(21)22/h3-5,23H,6-9H2,1-2H3,(H,21,22). The molecule has 0 aliphatic carbocycles. The average molecular weight is 343 g/mol. The monoisotopic (exact) mass is 343 g/mol. The Morgan fingerprint density at radius 3 is 2.46 bits per heavy atom. The first kappa shape index (κ1) is 18.1. The first-order valence-corrected chi connectivity index (χ1v) is 7.39. The van der Waals surface area contributed by atoms with Crippen molar-refractivity contribution in [1.82, 2.24) is 4.90 Å². The summed E-state index contributed by atoms with van der Waals surface area (Å²) in [5, 5.41) is 18.5. The molecule has 1 aromatic rings. The third kappa shape index (κ3) is 3.19. The van der Waals surface area contributed by atoms with Crippen molar-refractivity contribution in [3.63, 3.8) is 0 Å². The van der Waals surface area contributed by atoms with Crippen molar-refractivity contribution >= 4 is 11.9 Å². The molecule has 0 saturated carbocycles. The maximum Gasteiger partial charge on any atom is 0.377 e. The van der Waals surface area contributed by atoms with E-state index in [0.717, 1.165) is 16.0 Å². The van der Waals surface area contributed by atoms with E-state index in [1.165, 1.54) is 0 Å². The highest BCUT2D eigenvalue weighted by molar-refractivity contribution is 5.80. The van der Waals surface area contributed by atoms with Gasteiger partial charge in [-0.15, -0.1) is 0 Å². The fourth-order valence-corrected chi connectivity index (χ4v) is 2.71. The number of nitrogens with zero attached hydrogens (tertiary/aromatic N) is 1. The number of alkyl halides is 2. The smallest absolute Gasteiger partial charge is 0.377 e. The Bertz CT molecular complexity index is 644. The minimum atomic E-state index is -4.32. The number of aliphatic carboxylic acids is 1. The number of carbonyl (C=O) groups excluding carboxylic acids is 1. The Balaban J connectivity index is 2.01. The van der Waals surface area contributed by atoms with E-state index in [-0.39, 0.29) is 13.2 Å². The van der Waals surface area contributed by atoms with Gasteiger partial charge in [0.15, 0.2) is 12.2 Å². The highest BCUT2D eigenvalue weighted by atomic mass is 19.3. The molecule has 1 saturated heterocycles. The number of carboxylic acids is 1. The lowest BCUT2D eigenvalue weighted by atomic mass is 9.95. The number of aliphatic hydroxyl groups is 1. The van der Waals surface area contributed by atoms with Crippen molar-refractivity contribution in [2.45, 2.75) is 31.8 Å². The van der Waals surface area contributed by atoms with Crippen LogP contribution in [0.5, 0.6) is 5.75 Å². The summed E-state index contributed by atoms with van der Waals surface area (Å²) in [4.78, 5) is 23.8. The molecule has 1 aromatic carbocycles. The molecule has 1 fully saturated rings. The van der Waals surface area contributed by atoms with Crippen LogP contribution in [-0.2, 0) is 9.59 Å². The Labute approximate surface area is 137 Å². The van der Waals surface area contributed by atoms with E-state index in [9.17, 15) is 23.5 Å². The van der Waals surface area contributed by atoms with Gasteiger partial charge in [-0.05, 0) is 25.0 Å². The van der Waals surface area contributed by atoms with Gasteiger partial charge in [-0.2, -0.15) is 8.78 Å². The van der Waals surface area contributed by atoms with E-state index in [1.807, 2.05) is 32.0 Å². The van der Waals surface area contributed by atoms with Crippen LogP contribution in [0.4, 0.5) is 8.78 Å². The second kappa shape index (κ2) is 6.35. The van der Waals surface area contributed by atoms with Crippen LogP contribution in [-0.4, -0.2) is 58.2 Å². The minimum Gasteiger partial charge on any atom is -0.483 e. The maximum absolute atomic E-state index is 13.6. The van der Waals surface area contributed by atoms with Crippen LogP contribution in [0.1, 0.15) is 17.5 Å². The number of ether oxygens (including phenoxy) is 1. The summed E-state index contributed by atoms with van der Waals surface area (Å²) < 4.78 is 32.7. The van der Waals surface area contributed by atoms with Gasteiger partial charge in [0.2, 0.25) is 0 Å². The second-order valence-electron chi connectivity index (χ2n) is 5.99.